The van der Waals surface area contributed by atoms with Gasteiger partial charge in [0, 0.05) is 51.5 Å². The van der Waals surface area contributed by atoms with Gasteiger partial charge in [0.05, 0.1) is 54.5 Å². The third-order valence-electron chi connectivity index (χ3n) is 5.98. The minimum Gasteiger partial charge on any atom is -0.872 e. The summed E-state index contributed by atoms with van der Waals surface area (Å²) in [5.74, 6) is -4.35. The topological polar surface area (TPSA) is 452 Å². The monoisotopic (exact) mass is 1160 g/mol. The van der Waals surface area contributed by atoms with Crippen LogP contribution in [0, 0.1) is 84.6 Å². The van der Waals surface area contributed by atoms with Gasteiger partial charge in [0.1, 0.15) is 0 Å². The quantitative estimate of drug-likeness (QED) is 0.134. The van der Waals surface area contributed by atoms with Gasteiger partial charge in [0.25, 0.3) is 0 Å². The molecule has 0 amide bonds. The Hall–Kier alpha value is -5.16. The van der Waals surface area contributed by atoms with Gasteiger partial charge >= 0.3 is 89.8 Å². The number of hydrogen-bond donors (Lipinski definition) is 2. The zero-order valence-corrected chi connectivity index (χ0v) is 36.4. The second-order valence-corrected chi connectivity index (χ2v) is 9.59. The van der Waals surface area contributed by atoms with E-state index in [1.54, 1.807) is 0 Å². The molecule has 0 saturated heterocycles. The second-order valence-electron chi connectivity index (χ2n) is 9.59. The third-order valence-corrected chi connectivity index (χ3v) is 5.98. The maximum absolute atomic E-state index is 12.4. The van der Waals surface area contributed by atoms with Gasteiger partial charge in [-0.05, 0) is 33.4 Å². The summed E-state index contributed by atoms with van der Waals surface area (Å²) in [6.07, 6.45) is 7.70. The first-order valence-electron chi connectivity index (χ1n) is 15.4. The van der Waals surface area contributed by atoms with Gasteiger partial charge < -0.3 is 86.8 Å². The van der Waals surface area contributed by atoms with Crippen molar-refractivity contribution in [3.63, 3.8) is 0 Å². The van der Waals surface area contributed by atoms with Crippen molar-refractivity contribution in [3.8, 4) is 34.5 Å². The number of hydrogen-bond acceptors (Lipinski definition) is 23. The van der Waals surface area contributed by atoms with E-state index in [4.69, 9.17) is 56.2 Å². The van der Waals surface area contributed by atoms with Crippen molar-refractivity contribution in [2.45, 2.75) is 0 Å². The van der Waals surface area contributed by atoms with Crippen molar-refractivity contribution in [1.29, 1.82) is 0 Å². The molecule has 3 radical (unpaired) electrons. The van der Waals surface area contributed by atoms with Crippen LogP contribution >= 0.6 is 0 Å². The molecule has 0 atom stereocenters. The van der Waals surface area contributed by atoms with Crippen molar-refractivity contribution >= 4 is 37.3 Å². The Balaban J connectivity index is -0.000000341. The first-order valence-corrected chi connectivity index (χ1v) is 15.4. The standard InChI is InChI=1S/C30H30N6O6.2CH4O.3Cu.3NO3.Tb/c37-25-19-1-2-20(26(25)38)14-32-9-10-34-16-22-5-6-24(30(42)28(22)40)18-36-12-11-35-17-23-4-3-21(27(39)29(23)41)15-33-8-7-31-13-19;2*1-2;;;;3*2-1(3)4;/h1-6,13-18,37-42H,7-12H2;2*2H,1H3;;;;;;;/q;;;3*+2;3*-1;+3/p-6. The van der Waals surface area contributed by atoms with Crippen molar-refractivity contribution in [2.24, 2.45) is 30.0 Å². The van der Waals surface area contributed by atoms with Crippen LogP contribution in [0.1, 0.15) is 33.4 Å². The second kappa shape index (κ2) is 41.2. The third kappa shape index (κ3) is 30.0. The van der Waals surface area contributed by atoms with E-state index in [2.05, 4.69) is 30.0 Å². The zero-order valence-electron chi connectivity index (χ0n) is 31.5. The predicted molar refractivity (Wildman–Crippen MR) is 198 cm³/mol. The van der Waals surface area contributed by atoms with Gasteiger partial charge in [-0.25, -0.2) is 0 Å². The molecule has 0 aliphatic carbocycles. The minimum absolute atomic E-state index is 0. The van der Waals surface area contributed by atoms with Crippen LogP contribution < -0.4 is 30.6 Å². The largest absolute Gasteiger partial charge is 3.00 e. The molecule has 0 unspecified atom stereocenters. The van der Waals surface area contributed by atoms with Crippen LogP contribution in [0.3, 0.4) is 0 Å². The fourth-order valence-electron chi connectivity index (χ4n) is 3.71. The number of fused-ring (bicyclic) bond motifs is 2. The van der Waals surface area contributed by atoms with Crippen molar-refractivity contribution in [3.05, 3.63) is 116 Å². The molecule has 30 heteroatoms. The van der Waals surface area contributed by atoms with Crippen LogP contribution in [0.25, 0.3) is 0 Å². The molecule has 0 fully saturated rings. The summed E-state index contributed by atoms with van der Waals surface area (Å²) in [5.41, 5.74) is 0.689. The molecule has 0 spiro atoms. The number of aliphatic imine (C=N–C) groups is 6. The molecular weight excluding hydrogens is 1130 g/mol. The van der Waals surface area contributed by atoms with E-state index in [1.165, 1.54) is 73.7 Å². The Bertz CT molecular complexity index is 1610. The average molecular weight is 1160 g/mol. The first-order chi connectivity index (χ1) is 27.6. The Morgan fingerprint density at radius 2 is 0.452 bits per heavy atom. The summed E-state index contributed by atoms with van der Waals surface area (Å²) in [7, 11) is 2.00. The van der Waals surface area contributed by atoms with E-state index in [0.29, 0.717) is 0 Å². The summed E-state index contributed by atoms with van der Waals surface area (Å²) in [5, 5.41) is 133. The Kier molecular flexibility index (Phi) is 45.6. The van der Waals surface area contributed by atoms with E-state index in [-0.39, 0.29) is 162 Å². The van der Waals surface area contributed by atoms with Crippen LogP contribution in [-0.4, -0.2) is 116 Å². The molecule has 4 aliphatic rings. The Labute approximate surface area is 413 Å². The predicted octanol–water partition coefficient (Wildman–Crippen LogP) is -2.45. The molecule has 6 bridgehead atoms. The van der Waals surface area contributed by atoms with Gasteiger partial charge in [-0.15, -0.1) is 34.5 Å². The summed E-state index contributed by atoms with van der Waals surface area (Å²) in [6.45, 7) is 1.13. The molecule has 26 nitrogen and oxygen atoms in total. The molecule has 4 aliphatic heterocycles. The van der Waals surface area contributed by atoms with Gasteiger partial charge in [-0.1, -0.05) is 36.4 Å². The summed E-state index contributed by atoms with van der Waals surface area (Å²) in [6, 6.07) is 8.77. The zero-order chi connectivity index (χ0) is 44.6. The van der Waals surface area contributed by atoms with Crippen molar-refractivity contribution in [2.75, 3.05) is 53.5 Å². The van der Waals surface area contributed by atoms with Crippen LogP contribution in [0.2, 0.25) is 0 Å². The Morgan fingerprint density at radius 1 is 0.355 bits per heavy atom. The van der Waals surface area contributed by atoms with Crippen LogP contribution in [-0.2, 0) is 51.2 Å². The van der Waals surface area contributed by atoms with Gasteiger partial charge in [-0.2, -0.15) is 0 Å². The summed E-state index contributed by atoms with van der Waals surface area (Å²) < 4.78 is 0. The Morgan fingerprint density at radius 3 is 0.548 bits per heavy atom. The van der Waals surface area contributed by atoms with Gasteiger partial charge in [0.2, 0.25) is 0 Å². The molecule has 349 valence electrons. The first kappa shape index (κ1) is 68.6. The SMILES string of the molecule is CO.CO.O=[N+]([O-])[O-].O=[N+]([O-])[O-].O=[N+]([O-])[O-].[Cu+2].[Cu+2].[Cu+2].[O-]c1c2ccc(c1[O-])C=NCCN=Cc1ccc(c([O-])c1[O-])C=NCCN=Cc1ccc(c([O-])c1[O-])C=NCCN=C2.[Tb+3]. The summed E-state index contributed by atoms with van der Waals surface area (Å²) in [4.78, 5) is 49.4. The number of benzene rings is 3. The van der Waals surface area contributed by atoms with Crippen LogP contribution in [0.4, 0.5) is 0 Å². The van der Waals surface area contributed by atoms with E-state index in [0.717, 1.165) is 14.2 Å². The molecule has 3 aromatic carbocycles. The van der Waals surface area contributed by atoms with Gasteiger partial charge in [0.15, 0.2) is 0 Å². The normalized spacial score (nSPS) is 11.2. The van der Waals surface area contributed by atoms with E-state index in [9.17, 15) is 30.6 Å². The van der Waals surface area contributed by atoms with Crippen molar-refractivity contribution in [1.82, 2.24) is 0 Å². The molecule has 2 N–H and O–H groups in total. The van der Waals surface area contributed by atoms with E-state index < -0.39 is 49.8 Å². The molecule has 0 aromatic heterocycles. The average Bonchev–Trinajstić information content (AvgIpc) is 3.17. The van der Waals surface area contributed by atoms with Crippen LogP contribution in [0.15, 0.2) is 66.4 Å². The number of aliphatic hydroxyl groups excluding tert-OH is 2. The maximum atomic E-state index is 12.4. The molecule has 7 rings (SSSR count). The molecule has 3 aromatic rings. The van der Waals surface area contributed by atoms with E-state index >= 15 is 0 Å². The maximum Gasteiger partial charge on any atom is 3.00 e. The number of nitrogens with zero attached hydrogens (tertiary/aromatic N) is 9. The summed E-state index contributed by atoms with van der Waals surface area (Å²) >= 11 is 0. The van der Waals surface area contributed by atoms with Crippen molar-refractivity contribution < 1.29 is 146 Å². The molecule has 0 saturated carbocycles. The fourth-order valence-corrected chi connectivity index (χ4v) is 3.71. The molecule has 62 heavy (non-hydrogen) atoms. The number of rotatable bonds is 0. The smallest absolute Gasteiger partial charge is 0.872 e. The van der Waals surface area contributed by atoms with Crippen LogP contribution in [0.5, 0.6) is 34.5 Å². The number of aliphatic hydroxyl groups is 2. The van der Waals surface area contributed by atoms with E-state index in [1.807, 2.05) is 0 Å². The molecular formula is C32H32Cu3N9O17Tb. The van der Waals surface area contributed by atoms with Gasteiger partial charge in [-0.3, -0.25) is 30.0 Å². The molecule has 4 heterocycles. The minimum atomic E-state index is -1.75. The fraction of sp³-hybridized carbons (Fsp3) is 0.250.